The summed E-state index contributed by atoms with van der Waals surface area (Å²) in [5.41, 5.74) is 1.19. The average Bonchev–Trinajstić information content (AvgIpc) is 2.40. The first-order valence-electron chi connectivity index (χ1n) is 7.01. The number of hydrogen-bond donors (Lipinski definition) is 1. The van der Waals surface area contributed by atoms with E-state index < -0.39 is 0 Å². The van der Waals surface area contributed by atoms with E-state index in [2.05, 4.69) is 47.2 Å². The molecule has 0 atom stereocenters. The van der Waals surface area contributed by atoms with Crippen LogP contribution in [-0.2, 0) is 6.54 Å². The molecule has 0 amide bonds. The highest BCUT2D eigenvalue weighted by Gasteiger charge is 2.12. The number of unbranched alkanes of at least 4 members (excludes halogenated alkanes) is 1. The standard InChI is InChI=1S/C15H24BrNO2/c1-4-7-8-19-15-13(16)9-12(11-17-5-2)10-14(15)18-6-3/h9-10,17H,4-8,11H2,1-3H3. The summed E-state index contributed by atoms with van der Waals surface area (Å²) >= 11 is 3.58. The zero-order chi connectivity index (χ0) is 14.1. The largest absolute Gasteiger partial charge is 0.490 e. The van der Waals surface area contributed by atoms with Crippen molar-refractivity contribution in [3.63, 3.8) is 0 Å². The number of nitrogens with one attached hydrogen (secondary N) is 1. The summed E-state index contributed by atoms with van der Waals surface area (Å²) in [6.45, 7) is 9.40. The van der Waals surface area contributed by atoms with Gasteiger partial charge in [0.25, 0.3) is 0 Å². The fourth-order valence-corrected chi connectivity index (χ4v) is 2.32. The molecule has 0 radical (unpaired) electrons. The quantitative estimate of drug-likeness (QED) is 0.691. The van der Waals surface area contributed by atoms with Gasteiger partial charge in [-0.1, -0.05) is 20.3 Å². The van der Waals surface area contributed by atoms with Gasteiger partial charge < -0.3 is 14.8 Å². The summed E-state index contributed by atoms with van der Waals surface area (Å²) in [6.07, 6.45) is 2.18. The number of hydrogen-bond acceptors (Lipinski definition) is 3. The van der Waals surface area contributed by atoms with Gasteiger partial charge in [0, 0.05) is 6.54 Å². The molecule has 0 fully saturated rings. The van der Waals surface area contributed by atoms with Crippen molar-refractivity contribution in [2.75, 3.05) is 19.8 Å². The Morgan fingerprint density at radius 2 is 1.95 bits per heavy atom. The molecule has 4 heteroatoms. The second kappa shape index (κ2) is 9.21. The molecular formula is C15H24BrNO2. The highest BCUT2D eigenvalue weighted by atomic mass is 79.9. The third-order valence-corrected chi connectivity index (χ3v) is 3.28. The van der Waals surface area contributed by atoms with Gasteiger partial charge in [-0.3, -0.25) is 0 Å². The van der Waals surface area contributed by atoms with E-state index in [1.54, 1.807) is 0 Å². The van der Waals surface area contributed by atoms with Crippen molar-refractivity contribution in [1.82, 2.24) is 5.32 Å². The van der Waals surface area contributed by atoms with Gasteiger partial charge in [0.05, 0.1) is 17.7 Å². The second-order valence-corrected chi connectivity index (χ2v) is 5.17. The smallest absolute Gasteiger partial charge is 0.175 e. The first-order valence-corrected chi connectivity index (χ1v) is 7.80. The third kappa shape index (κ3) is 5.41. The lowest BCUT2D eigenvalue weighted by Crippen LogP contribution is -2.12. The van der Waals surface area contributed by atoms with Crippen LogP contribution < -0.4 is 14.8 Å². The minimum Gasteiger partial charge on any atom is -0.490 e. The molecule has 0 saturated heterocycles. The molecule has 1 rings (SSSR count). The summed E-state index contributed by atoms with van der Waals surface area (Å²) in [5.74, 6) is 1.64. The molecule has 0 spiro atoms. The van der Waals surface area contributed by atoms with Crippen LogP contribution >= 0.6 is 15.9 Å². The van der Waals surface area contributed by atoms with E-state index in [1.165, 1.54) is 5.56 Å². The van der Waals surface area contributed by atoms with Crippen LogP contribution in [0.5, 0.6) is 11.5 Å². The molecule has 1 aromatic rings. The van der Waals surface area contributed by atoms with Crippen molar-refractivity contribution in [1.29, 1.82) is 0 Å². The molecule has 0 aliphatic heterocycles. The van der Waals surface area contributed by atoms with Crippen LogP contribution in [0.2, 0.25) is 0 Å². The maximum Gasteiger partial charge on any atom is 0.175 e. The first kappa shape index (κ1) is 16.3. The van der Waals surface area contributed by atoms with Crippen LogP contribution in [-0.4, -0.2) is 19.8 Å². The Bertz CT molecular complexity index is 383. The van der Waals surface area contributed by atoms with Gasteiger partial charge in [-0.2, -0.15) is 0 Å². The van der Waals surface area contributed by atoms with Crippen LogP contribution in [0.15, 0.2) is 16.6 Å². The lowest BCUT2D eigenvalue weighted by Gasteiger charge is -2.15. The number of rotatable bonds is 9. The van der Waals surface area contributed by atoms with Crippen LogP contribution in [0.3, 0.4) is 0 Å². The van der Waals surface area contributed by atoms with E-state index in [4.69, 9.17) is 9.47 Å². The number of benzene rings is 1. The summed E-state index contributed by atoms with van der Waals surface area (Å²) < 4.78 is 12.5. The van der Waals surface area contributed by atoms with E-state index in [-0.39, 0.29) is 0 Å². The zero-order valence-corrected chi connectivity index (χ0v) is 13.7. The van der Waals surface area contributed by atoms with Crippen LogP contribution in [0.25, 0.3) is 0 Å². The van der Waals surface area contributed by atoms with E-state index >= 15 is 0 Å². The molecule has 0 saturated carbocycles. The van der Waals surface area contributed by atoms with E-state index in [1.807, 2.05) is 6.92 Å². The highest BCUT2D eigenvalue weighted by Crippen LogP contribution is 2.37. The minimum absolute atomic E-state index is 0.640. The average molecular weight is 330 g/mol. The molecule has 1 N–H and O–H groups in total. The summed E-state index contributed by atoms with van der Waals surface area (Å²) in [5, 5.41) is 3.32. The molecule has 0 aliphatic rings. The summed E-state index contributed by atoms with van der Waals surface area (Å²) in [6, 6.07) is 4.14. The molecule has 0 bridgehead atoms. The Balaban J connectivity index is 2.87. The SMILES string of the molecule is CCCCOc1c(Br)cc(CNCC)cc1OCC. The van der Waals surface area contributed by atoms with E-state index in [9.17, 15) is 0 Å². The van der Waals surface area contributed by atoms with Crippen molar-refractivity contribution in [2.45, 2.75) is 40.2 Å². The van der Waals surface area contributed by atoms with E-state index in [0.717, 1.165) is 48.5 Å². The maximum absolute atomic E-state index is 5.83. The normalized spacial score (nSPS) is 10.5. The molecule has 3 nitrogen and oxygen atoms in total. The zero-order valence-electron chi connectivity index (χ0n) is 12.1. The van der Waals surface area contributed by atoms with Crippen molar-refractivity contribution in [3.05, 3.63) is 22.2 Å². The van der Waals surface area contributed by atoms with Gasteiger partial charge in [-0.25, -0.2) is 0 Å². The Kier molecular flexibility index (Phi) is 7.91. The maximum atomic E-state index is 5.83. The Labute approximate surface area is 124 Å². The molecule has 108 valence electrons. The first-order chi connectivity index (χ1) is 9.22. The van der Waals surface area contributed by atoms with Gasteiger partial charge in [0.15, 0.2) is 11.5 Å². The van der Waals surface area contributed by atoms with Gasteiger partial charge in [0.2, 0.25) is 0 Å². The third-order valence-electron chi connectivity index (χ3n) is 2.69. The van der Waals surface area contributed by atoms with Gasteiger partial charge >= 0.3 is 0 Å². The fourth-order valence-electron chi connectivity index (χ4n) is 1.71. The van der Waals surface area contributed by atoms with Crippen molar-refractivity contribution < 1.29 is 9.47 Å². The Hall–Kier alpha value is -0.740. The topological polar surface area (TPSA) is 30.5 Å². The van der Waals surface area contributed by atoms with E-state index in [0.29, 0.717) is 6.61 Å². The molecule has 0 unspecified atom stereocenters. The fraction of sp³-hybridized carbons (Fsp3) is 0.600. The highest BCUT2D eigenvalue weighted by molar-refractivity contribution is 9.10. The van der Waals surface area contributed by atoms with Crippen LogP contribution in [0.4, 0.5) is 0 Å². The molecule has 1 aromatic carbocycles. The van der Waals surface area contributed by atoms with Gasteiger partial charge in [0.1, 0.15) is 0 Å². The summed E-state index contributed by atoms with van der Waals surface area (Å²) in [7, 11) is 0. The lowest BCUT2D eigenvalue weighted by molar-refractivity contribution is 0.271. The molecule has 0 aliphatic carbocycles. The van der Waals surface area contributed by atoms with Crippen molar-refractivity contribution >= 4 is 15.9 Å². The predicted octanol–water partition coefficient (Wildman–Crippen LogP) is 4.14. The second-order valence-electron chi connectivity index (χ2n) is 4.32. The van der Waals surface area contributed by atoms with Crippen LogP contribution in [0.1, 0.15) is 39.2 Å². The monoisotopic (exact) mass is 329 g/mol. The van der Waals surface area contributed by atoms with Crippen molar-refractivity contribution in [3.8, 4) is 11.5 Å². The summed E-state index contributed by atoms with van der Waals surface area (Å²) in [4.78, 5) is 0. The number of ether oxygens (including phenoxy) is 2. The number of halogens is 1. The van der Waals surface area contributed by atoms with Crippen molar-refractivity contribution in [2.24, 2.45) is 0 Å². The Morgan fingerprint density at radius 3 is 2.58 bits per heavy atom. The minimum atomic E-state index is 0.640. The lowest BCUT2D eigenvalue weighted by atomic mass is 10.2. The molecule has 0 heterocycles. The molecule has 0 aromatic heterocycles. The molecular weight excluding hydrogens is 306 g/mol. The van der Waals surface area contributed by atoms with Gasteiger partial charge in [-0.15, -0.1) is 0 Å². The van der Waals surface area contributed by atoms with Crippen LogP contribution in [0, 0.1) is 0 Å². The molecule has 19 heavy (non-hydrogen) atoms. The van der Waals surface area contributed by atoms with Gasteiger partial charge in [-0.05, 0) is 53.5 Å². The Morgan fingerprint density at radius 1 is 1.16 bits per heavy atom. The predicted molar refractivity (Wildman–Crippen MR) is 83.1 cm³/mol.